The minimum absolute atomic E-state index is 0.0300. The van der Waals surface area contributed by atoms with E-state index in [1.165, 1.54) is 16.7 Å². The van der Waals surface area contributed by atoms with Gasteiger partial charge in [-0.1, -0.05) is 41.6 Å². The van der Waals surface area contributed by atoms with Gasteiger partial charge in [-0.15, -0.1) is 16.8 Å². The molecule has 10 heteroatoms. The summed E-state index contributed by atoms with van der Waals surface area (Å²) in [6.45, 7) is 3.96. The molecule has 2 aromatic heterocycles. The fraction of sp³-hybridized carbons (Fsp3) is 0.100. The Kier molecular flexibility index (Phi) is 5.56. The van der Waals surface area contributed by atoms with Gasteiger partial charge in [-0.05, 0) is 30.3 Å². The third-order valence-electron chi connectivity index (χ3n) is 4.33. The number of aromatic nitrogens is 4. The minimum Gasteiger partial charge on any atom is -0.323 e. The van der Waals surface area contributed by atoms with E-state index in [4.69, 9.17) is 11.6 Å². The van der Waals surface area contributed by atoms with Crippen LogP contribution in [0.1, 0.15) is 0 Å². The van der Waals surface area contributed by atoms with E-state index < -0.39 is 11.7 Å². The Balaban J connectivity index is 1.66. The topological polar surface area (TPSA) is 81.3 Å². The van der Waals surface area contributed by atoms with Gasteiger partial charge in [-0.3, -0.25) is 18.6 Å². The van der Waals surface area contributed by atoms with Crippen molar-refractivity contribution in [3.63, 3.8) is 0 Å². The third-order valence-corrected chi connectivity index (χ3v) is 5.49. The fourth-order valence-corrected chi connectivity index (χ4v) is 3.93. The Bertz CT molecular complexity index is 1350. The Morgan fingerprint density at radius 1 is 1.27 bits per heavy atom. The highest BCUT2D eigenvalue weighted by atomic mass is 35.5. The van der Waals surface area contributed by atoms with Crippen molar-refractivity contribution in [2.75, 3.05) is 11.1 Å². The number of thioether (sulfide) groups is 1. The normalized spacial score (nSPS) is 11.1. The Labute approximate surface area is 179 Å². The predicted octanol–water partition coefficient (Wildman–Crippen LogP) is 3.75. The molecule has 0 aliphatic carbocycles. The maximum Gasteiger partial charge on any atom is 0.263 e. The summed E-state index contributed by atoms with van der Waals surface area (Å²) < 4.78 is 17.1. The third kappa shape index (κ3) is 3.69. The van der Waals surface area contributed by atoms with Crippen LogP contribution >= 0.6 is 23.4 Å². The van der Waals surface area contributed by atoms with E-state index in [1.54, 1.807) is 28.7 Å². The van der Waals surface area contributed by atoms with Gasteiger partial charge in [-0.25, -0.2) is 4.39 Å². The molecule has 4 aromatic rings. The Morgan fingerprint density at radius 2 is 2.07 bits per heavy atom. The molecule has 2 aromatic carbocycles. The first-order valence-corrected chi connectivity index (χ1v) is 10.2. The number of hydrogen-bond acceptors (Lipinski definition) is 5. The van der Waals surface area contributed by atoms with E-state index >= 15 is 0 Å². The first-order valence-electron chi connectivity index (χ1n) is 8.85. The number of hydrogen-bond donors (Lipinski definition) is 1. The molecule has 0 aliphatic heterocycles. The van der Waals surface area contributed by atoms with Crippen molar-refractivity contribution in [1.29, 1.82) is 0 Å². The number of para-hydroxylation sites is 1. The van der Waals surface area contributed by atoms with E-state index in [-0.39, 0.29) is 28.6 Å². The standard InChI is InChI=1S/C20H15ClFN5O2S/c1-2-9-26-18(29)13-5-3-4-6-16(13)27-19(26)24-25-20(27)30-11-17(28)23-15-8-7-12(21)10-14(15)22/h2-8,10H,1,9,11H2,(H,23,28). The van der Waals surface area contributed by atoms with E-state index in [1.807, 2.05) is 6.07 Å². The Morgan fingerprint density at radius 3 is 2.83 bits per heavy atom. The van der Waals surface area contributed by atoms with Crippen LogP contribution in [0.4, 0.5) is 10.1 Å². The molecule has 4 rings (SSSR count). The summed E-state index contributed by atoms with van der Waals surface area (Å²) in [4.78, 5) is 25.1. The number of allylic oxidation sites excluding steroid dienone is 1. The lowest BCUT2D eigenvalue weighted by Gasteiger charge is -2.10. The van der Waals surface area contributed by atoms with Crippen LogP contribution in [0.3, 0.4) is 0 Å². The quantitative estimate of drug-likeness (QED) is 0.362. The van der Waals surface area contributed by atoms with Crippen LogP contribution in [-0.2, 0) is 11.3 Å². The molecule has 1 N–H and O–H groups in total. The van der Waals surface area contributed by atoms with Crippen LogP contribution in [0, 0.1) is 5.82 Å². The second-order valence-corrected chi connectivity index (χ2v) is 7.68. The molecule has 0 aliphatic rings. The number of anilines is 1. The molecule has 0 fully saturated rings. The lowest BCUT2D eigenvalue weighted by Crippen LogP contribution is -2.22. The largest absolute Gasteiger partial charge is 0.323 e. The molecule has 0 spiro atoms. The smallest absolute Gasteiger partial charge is 0.263 e. The molecule has 0 bridgehead atoms. The maximum atomic E-state index is 13.9. The maximum absolute atomic E-state index is 13.9. The number of amides is 1. The van der Waals surface area contributed by atoms with Crippen molar-refractivity contribution < 1.29 is 9.18 Å². The monoisotopic (exact) mass is 443 g/mol. The van der Waals surface area contributed by atoms with Crippen LogP contribution < -0.4 is 10.9 Å². The molecular formula is C20H15ClFN5O2S. The first-order chi connectivity index (χ1) is 14.5. The highest BCUT2D eigenvalue weighted by Crippen LogP contribution is 2.23. The van der Waals surface area contributed by atoms with Gasteiger partial charge in [0.1, 0.15) is 5.82 Å². The number of fused-ring (bicyclic) bond motifs is 3. The SMILES string of the molecule is C=CCn1c(=O)c2ccccc2n2c(SCC(=O)Nc3ccc(Cl)cc3F)nnc12. The predicted molar refractivity (Wildman–Crippen MR) is 116 cm³/mol. The molecule has 0 radical (unpaired) electrons. The summed E-state index contributed by atoms with van der Waals surface area (Å²) in [6, 6.07) is 11.1. The number of rotatable bonds is 6. The van der Waals surface area contributed by atoms with Crippen LogP contribution in [-0.4, -0.2) is 30.8 Å². The molecule has 0 saturated carbocycles. The van der Waals surface area contributed by atoms with Gasteiger partial charge < -0.3 is 5.32 Å². The zero-order valence-electron chi connectivity index (χ0n) is 15.5. The van der Waals surface area contributed by atoms with Crippen molar-refractivity contribution in [2.24, 2.45) is 0 Å². The number of nitrogens with zero attached hydrogens (tertiary/aromatic N) is 4. The van der Waals surface area contributed by atoms with Crippen molar-refractivity contribution in [3.8, 4) is 0 Å². The number of nitrogens with one attached hydrogen (secondary N) is 1. The Hall–Kier alpha value is -3.17. The zero-order chi connectivity index (χ0) is 21.3. The fourth-order valence-electron chi connectivity index (χ4n) is 3.03. The molecule has 0 unspecified atom stereocenters. The van der Waals surface area contributed by atoms with Gasteiger partial charge >= 0.3 is 0 Å². The zero-order valence-corrected chi connectivity index (χ0v) is 17.1. The van der Waals surface area contributed by atoms with Gasteiger partial charge in [0.15, 0.2) is 5.16 Å². The summed E-state index contributed by atoms with van der Waals surface area (Å²) in [6.07, 6.45) is 1.60. The molecule has 0 saturated heterocycles. The molecular weight excluding hydrogens is 429 g/mol. The van der Waals surface area contributed by atoms with Gasteiger partial charge in [-0.2, -0.15) is 0 Å². The second kappa shape index (κ2) is 8.29. The van der Waals surface area contributed by atoms with Crippen molar-refractivity contribution in [2.45, 2.75) is 11.7 Å². The summed E-state index contributed by atoms with van der Waals surface area (Å²) in [5, 5.41) is 12.0. The van der Waals surface area contributed by atoms with Crippen molar-refractivity contribution in [3.05, 3.63) is 76.3 Å². The number of carbonyl (C=O) groups is 1. The van der Waals surface area contributed by atoms with Gasteiger partial charge in [0.2, 0.25) is 11.7 Å². The molecule has 7 nitrogen and oxygen atoms in total. The van der Waals surface area contributed by atoms with Crippen molar-refractivity contribution >= 4 is 51.6 Å². The van der Waals surface area contributed by atoms with Crippen LogP contribution in [0.15, 0.2) is 65.1 Å². The number of halogens is 2. The molecule has 0 atom stereocenters. The first kappa shape index (κ1) is 20.1. The van der Waals surface area contributed by atoms with Gasteiger partial charge in [0.05, 0.1) is 22.3 Å². The average Bonchev–Trinajstić information content (AvgIpc) is 3.16. The number of carbonyl (C=O) groups excluding carboxylic acids is 1. The van der Waals surface area contributed by atoms with Crippen LogP contribution in [0.2, 0.25) is 5.02 Å². The average molecular weight is 444 g/mol. The molecule has 2 heterocycles. The van der Waals surface area contributed by atoms with Gasteiger partial charge in [0, 0.05) is 11.6 Å². The van der Waals surface area contributed by atoms with E-state index in [2.05, 4.69) is 22.1 Å². The summed E-state index contributed by atoms with van der Waals surface area (Å²) in [5.74, 6) is -0.710. The molecule has 1 amide bonds. The van der Waals surface area contributed by atoms with Crippen LogP contribution in [0.5, 0.6) is 0 Å². The van der Waals surface area contributed by atoms with E-state index in [9.17, 15) is 14.0 Å². The van der Waals surface area contributed by atoms with Crippen molar-refractivity contribution in [1.82, 2.24) is 19.2 Å². The highest BCUT2D eigenvalue weighted by molar-refractivity contribution is 7.99. The van der Waals surface area contributed by atoms with Gasteiger partial charge in [0.25, 0.3) is 5.56 Å². The summed E-state index contributed by atoms with van der Waals surface area (Å²) in [7, 11) is 0. The molecule has 30 heavy (non-hydrogen) atoms. The summed E-state index contributed by atoms with van der Waals surface area (Å²) >= 11 is 6.85. The lowest BCUT2D eigenvalue weighted by atomic mass is 10.2. The van der Waals surface area contributed by atoms with Crippen LogP contribution in [0.25, 0.3) is 16.7 Å². The lowest BCUT2D eigenvalue weighted by molar-refractivity contribution is -0.113. The highest BCUT2D eigenvalue weighted by Gasteiger charge is 2.17. The van der Waals surface area contributed by atoms with E-state index in [0.717, 1.165) is 17.8 Å². The number of benzene rings is 2. The second-order valence-electron chi connectivity index (χ2n) is 6.30. The minimum atomic E-state index is -0.617. The molecule has 152 valence electrons. The summed E-state index contributed by atoms with van der Waals surface area (Å²) in [5.41, 5.74) is 0.480. The van der Waals surface area contributed by atoms with E-state index in [0.29, 0.717) is 21.8 Å².